The summed E-state index contributed by atoms with van der Waals surface area (Å²) in [6.45, 7) is 0. The van der Waals surface area contributed by atoms with Gasteiger partial charge in [-0.05, 0) is 11.6 Å². The Hall–Kier alpha value is -1.25. The zero-order valence-corrected chi connectivity index (χ0v) is 8.48. The van der Waals surface area contributed by atoms with E-state index in [1.54, 1.807) is 0 Å². The van der Waals surface area contributed by atoms with Crippen LogP contribution in [0.1, 0.15) is 28.0 Å². The first-order valence-corrected chi connectivity index (χ1v) is 4.31. The molecule has 1 heterocycles. The van der Waals surface area contributed by atoms with Crippen molar-refractivity contribution in [2.75, 3.05) is 0 Å². The third-order valence-electron chi connectivity index (χ3n) is 1.58. The third-order valence-corrected chi connectivity index (χ3v) is 2.05. The summed E-state index contributed by atoms with van der Waals surface area (Å²) < 4.78 is 24.8. The average molecular weight is 251 g/mol. The Morgan fingerprint density at radius 3 is 2.60 bits per heavy atom. The van der Waals surface area contributed by atoms with Gasteiger partial charge in [0.15, 0.2) is 0 Å². The number of carbonyl (C=O) groups is 1. The zero-order chi connectivity index (χ0) is 11.6. The Balaban J connectivity index is 3.56. The number of pyridine rings is 1. The molecule has 0 atom stereocenters. The Labute approximate surface area is 93.2 Å². The number of nitriles is 1. The third kappa shape index (κ3) is 2.22. The monoisotopic (exact) mass is 250 g/mol. The van der Waals surface area contributed by atoms with E-state index < -0.39 is 28.5 Å². The van der Waals surface area contributed by atoms with Gasteiger partial charge in [0.05, 0.1) is 16.1 Å². The summed E-state index contributed by atoms with van der Waals surface area (Å²) in [5, 5.41) is 7.33. The SMILES string of the molecule is N#Cc1c(C(F)F)ncc(Cl)c1C(=O)Cl. The number of hydrogen-bond donors (Lipinski definition) is 0. The van der Waals surface area contributed by atoms with E-state index in [0.29, 0.717) is 0 Å². The van der Waals surface area contributed by atoms with Crippen LogP contribution >= 0.6 is 23.2 Å². The maximum Gasteiger partial charge on any atom is 0.281 e. The van der Waals surface area contributed by atoms with Gasteiger partial charge < -0.3 is 0 Å². The lowest BCUT2D eigenvalue weighted by molar-refractivity contribution is 0.108. The molecule has 78 valence electrons. The van der Waals surface area contributed by atoms with Crippen LogP contribution in [0.15, 0.2) is 6.20 Å². The van der Waals surface area contributed by atoms with Gasteiger partial charge in [-0.15, -0.1) is 0 Å². The first-order chi connectivity index (χ1) is 6.99. The van der Waals surface area contributed by atoms with Gasteiger partial charge in [-0.1, -0.05) is 11.6 Å². The van der Waals surface area contributed by atoms with Gasteiger partial charge in [0.25, 0.3) is 11.7 Å². The summed E-state index contributed by atoms with van der Waals surface area (Å²) in [6.07, 6.45) is -2.11. The van der Waals surface area contributed by atoms with Crippen LogP contribution in [-0.2, 0) is 0 Å². The molecule has 0 spiro atoms. The highest BCUT2D eigenvalue weighted by Gasteiger charge is 2.23. The van der Waals surface area contributed by atoms with E-state index in [0.717, 1.165) is 6.20 Å². The Morgan fingerprint density at radius 1 is 1.60 bits per heavy atom. The lowest BCUT2D eigenvalue weighted by atomic mass is 10.1. The first-order valence-electron chi connectivity index (χ1n) is 3.55. The highest BCUT2D eigenvalue weighted by atomic mass is 35.5. The van der Waals surface area contributed by atoms with E-state index in [9.17, 15) is 13.6 Å². The summed E-state index contributed by atoms with van der Waals surface area (Å²) in [6, 6.07) is 1.44. The second kappa shape index (κ2) is 4.51. The molecule has 3 nitrogen and oxygen atoms in total. The predicted molar refractivity (Wildman–Crippen MR) is 49.1 cm³/mol. The van der Waals surface area contributed by atoms with E-state index in [1.807, 2.05) is 0 Å². The molecule has 7 heteroatoms. The van der Waals surface area contributed by atoms with Crippen LogP contribution in [0.3, 0.4) is 0 Å². The van der Waals surface area contributed by atoms with E-state index in [4.69, 9.17) is 28.5 Å². The molecule has 1 aromatic heterocycles. The van der Waals surface area contributed by atoms with E-state index in [2.05, 4.69) is 4.98 Å². The molecule has 0 unspecified atom stereocenters. The summed E-state index contributed by atoms with van der Waals surface area (Å²) in [5.41, 5.74) is -1.82. The van der Waals surface area contributed by atoms with Crippen molar-refractivity contribution >= 4 is 28.4 Å². The fourth-order valence-electron chi connectivity index (χ4n) is 0.974. The zero-order valence-electron chi connectivity index (χ0n) is 6.97. The molecule has 0 aliphatic carbocycles. The predicted octanol–water partition coefficient (Wildman–Crippen LogP) is 2.92. The second-order valence-corrected chi connectivity index (χ2v) is 3.18. The van der Waals surface area contributed by atoms with Crippen molar-refractivity contribution in [1.82, 2.24) is 4.98 Å². The number of nitrogens with zero attached hydrogens (tertiary/aromatic N) is 2. The summed E-state index contributed by atoms with van der Waals surface area (Å²) >= 11 is 10.6. The van der Waals surface area contributed by atoms with Crippen molar-refractivity contribution in [3.63, 3.8) is 0 Å². The van der Waals surface area contributed by atoms with E-state index in [-0.39, 0.29) is 5.02 Å². The molecule has 0 radical (unpaired) electrons. The molecule has 0 aromatic carbocycles. The van der Waals surface area contributed by atoms with Crippen LogP contribution in [0, 0.1) is 11.3 Å². The van der Waals surface area contributed by atoms with Crippen LogP contribution in [0.4, 0.5) is 8.78 Å². The lowest BCUT2D eigenvalue weighted by Crippen LogP contribution is -2.04. The molecule has 1 aromatic rings. The van der Waals surface area contributed by atoms with Crippen molar-refractivity contribution in [3.05, 3.63) is 28.0 Å². The summed E-state index contributed by atoms with van der Waals surface area (Å²) in [5.74, 6) is 0. The Kier molecular flexibility index (Phi) is 3.56. The number of alkyl halides is 2. The van der Waals surface area contributed by atoms with Gasteiger partial charge in [-0.2, -0.15) is 5.26 Å². The number of hydrogen-bond acceptors (Lipinski definition) is 3. The van der Waals surface area contributed by atoms with Crippen LogP contribution in [-0.4, -0.2) is 10.2 Å². The van der Waals surface area contributed by atoms with Crippen molar-refractivity contribution in [3.8, 4) is 6.07 Å². The molecule has 0 aliphatic heterocycles. The smallest absolute Gasteiger partial charge is 0.276 e. The normalized spacial score (nSPS) is 10.1. The lowest BCUT2D eigenvalue weighted by Gasteiger charge is -2.05. The van der Waals surface area contributed by atoms with Crippen molar-refractivity contribution in [1.29, 1.82) is 5.26 Å². The molecule has 0 aliphatic rings. The highest BCUT2D eigenvalue weighted by molar-refractivity contribution is 6.69. The summed E-state index contributed by atoms with van der Waals surface area (Å²) in [7, 11) is 0. The van der Waals surface area contributed by atoms with Gasteiger partial charge >= 0.3 is 0 Å². The van der Waals surface area contributed by atoms with Gasteiger partial charge in [-0.25, -0.2) is 8.78 Å². The Bertz CT molecular complexity index is 457. The van der Waals surface area contributed by atoms with Crippen molar-refractivity contribution in [2.24, 2.45) is 0 Å². The largest absolute Gasteiger partial charge is 0.281 e. The van der Waals surface area contributed by atoms with Crippen LogP contribution in [0.5, 0.6) is 0 Å². The van der Waals surface area contributed by atoms with Crippen LogP contribution < -0.4 is 0 Å². The molecular weight excluding hydrogens is 249 g/mol. The van der Waals surface area contributed by atoms with Crippen LogP contribution in [0.25, 0.3) is 0 Å². The minimum atomic E-state index is -2.97. The molecule has 0 amide bonds. The molecule has 0 fully saturated rings. The average Bonchev–Trinajstić information content (AvgIpc) is 2.15. The maximum absolute atomic E-state index is 12.4. The molecule has 0 N–H and O–H groups in total. The van der Waals surface area contributed by atoms with Crippen molar-refractivity contribution in [2.45, 2.75) is 6.43 Å². The molecular formula is C8H2Cl2F2N2O. The molecule has 0 saturated carbocycles. The molecule has 1 rings (SSSR count). The van der Waals surface area contributed by atoms with Gasteiger partial charge in [-0.3, -0.25) is 9.78 Å². The fourth-order valence-corrected chi connectivity index (χ4v) is 1.45. The van der Waals surface area contributed by atoms with E-state index in [1.165, 1.54) is 6.07 Å². The standard InChI is InChI=1S/C8H2Cl2F2N2O/c9-4-2-14-6(8(11)12)3(1-13)5(4)7(10)15/h2,8H. The topological polar surface area (TPSA) is 53.8 Å². The minimum absolute atomic E-state index is 0.226. The van der Waals surface area contributed by atoms with Gasteiger partial charge in [0.2, 0.25) is 0 Å². The minimum Gasteiger partial charge on any atom is -0.276 e. The Morgan fingerprint density at radius 2 is 2.20 bits per heavy atom. The van der Waals surface area contributed by atoms with Crippen LogP contribution in [0.2, 0.25) is 5.02 Å². The number of halogens is 4. The molecule has 0 saturated heterocycles. The number of rotatable bonds is 2. The fraction of sp³-hybridized carbons (Fsp3) is 0.125. The molecule has 15 heavy (non-hydrogen) atoms. The number of aromatic nitrogens is 1. The van der Waals surface area contributed by atoms with E-state index >= 15 is 0 Å². The van der Waals surface area contributed by atoms with Gasteiger partial charge in [0.1, 0.15) is 11.8 Å². The van der Waals surface area contributed by atoms with Gasteiger partial charge in [0, 0.05) is 6.20 Å². The first kappa shape index (κ1) is 11.8. The summed E-state index contributed by atoms with van der Waals surface area (Å²) in [4.78, 5) is 14.2. The van der Waals surface area contributed by atoms with Crippen molar-refractivity contribution < 1.29 is 13.6 Å². The quantitative estimate of drug-likeness (QED) is 0.759. The molecule has 0 bridgehead atoms. The second-order valence-electron chi connectivity index (χ2n) is 2.43. The highest BCUT2D eigenvalue weighted by Crippen LogP contribution is 2.28. The maximum atomic E-state index is 12.4. The number of carbonyl (C=O) groups excluding carboxylic acids is 1.